The highest BCUT2D eigenvalue weighted by Crippen LogP contribution is 2.31. The highest BCUT2D eigenvalue weighted by Gasteiger charge is 2.31. The van der Waals surface area contributed by atoms with Gasteiger partial charge in [-0.2, -0.15) is 18.4 Å². The van der Waals surface area contributed by atoms with Crippen molar-refractivity contribution < 1.29 is 22.8 Å². The summed E-state index contributed by atoms with van der Waals surface area (Å²) in [5.74, 6) is -1.15. The van der Waals surface area contributed by atoms with E-state index < -0.39 is 30.1 Å². The zero-order chi connectivity index (χ0) is 19.3. The smallest absolute Gasteiger partial charge is 0.325 e. The molecule has 0 spiro atoms. The molecule has 2 aromatic carbocycles. The SMILES string of the molecule is CC(=O)N(CC(=O)Nc1ccc(C#N)cc1)c1cccc(C(F)(F)F)c1. The Kier molecular flexibility index (Phi) is 5.62. The maximum atomic E-state index is 12.8. The van der Waals surface area contributed by atoms with E-state index in [0.29, 0.717) is 11.3 Å². The van der Waals surface area contributed by atoms with E-state index in [1.807, 2.05) is 6.07 Å². The number of rotatable bonds is 4. The van der Waals surface area contributed by atoms with Gasteiger partial charge in [-0.3, -0.25) is 9.59 Å². The minimum absolute atomic E-state index is 0.0256. The predicted octanol–water partition coefficient (Wildman–Crippen LogP) is 3.57. The van der Waals surface area contributed by atoms with Gasteiger partial charge in [0.2, 0.25) is 11.8 Å². The molecule has 0 heterocycles. The third-order valence-electron chi connectivity index (χ3n) is 3.46. The van der Waals surface area contributed by atoms with Gasteiger partial charge in [-0.15, -0.1) is 0 Å². The lowest BCUT2D eigenvalue weighted by Gasteiger charge is -2.21. The van der Waals surface area contributed by atoms with Gasteiger partial charge in [0, 0.05) is 18.3 Å². The molecular weight excluding hydrogens is 347 g/mol. The number of alkyl halides is 3. The molecule has 0 atom stereocenters. The van der Waals surface area contributed by atoms with Crippen molar-refractivity contribution in [3.05, 3.63) is 59.7 Å². The summed E-state index contributed by atoms with van der Waals surface area (Å²) in [5.41, 5.74) is -0.116. The van der Waals surface area contributed by atoms with Crippen molar-refractivity contribution in [1.82, 2.24) is 0 Å². The third-order valence-corrected chi connectivity index (χ3v) is 3.46. The van der Waals surface area contributed by atoms with Crippen LogP contribution in [0.4, 0.5) is 24.5 Å². The van der Waals surface area contributed by atoms with Crippen LogP contribution in [0.15, 0.2) is 48.5 Å². The largest absolute Gasteiger partial charge is 0.416 e. The first-order valence-corrected chi connectivity index (χ1v) is 7.46. The fourth-order valence-electron chi connectivity index (χ4n) is 2.21. The average Bonchev–Trinajstić information content (AvgIpc) is 2.59. The molecule has 2 aromatic rings. The zero-order valence-corrected chi connectivity index (χ0v) is 13.7. The minimum atomic E-state index is -4.55. The normalized spacial score (nSPS) is 10.7. The number of halogens is 3. The summed E-state index contributed by atoms with van der Waals surface area (Å²) in [7, 11) is 0. The number of nitriles is 1. The Labute approximate surface area is 147 Å². The second-order valence-corrected chi connectivity index (χ2v) is 5.39. The van der Waals surface area contributed by atoms with Crippen LogP contribution in [-0.4, -0.2) is 18.4 Å². The number of hydrogen-bond acceptors (Lipinski definition) is 3. The van der Waals surface area contributed by atoms with E-state index in [0.717, 1.165) is 24.0 Å². The second-order valence-electron chi connectivity index (χ2n) is 5.39. The first-order valence-electron chi connectivity index (χ1n) is 7.46. The van der Waals surface area contributed by atoms with E-state index in [-0.39, 0.29) is 5.69 Å². The number of benzene rings is 2. The molecule has 0 aliphatic rings. The van der Waals surface area contributed by atoms with Gasteiger partial charge in [-0.05, 0) is 42.5 Å². The van der Waals surface area contributed by atoms with Crippen LogP contribution < -0.4 is 10.2 Å². The number of anilines is 2. The number of carbonyl (C=O) groups is 2. The first kappa shape index (κ1) is 19.0. The van der Waals surface area contributed by atoms with Crippen LogP contribution >= 0.6 is 0 Å². The molecule has 5 nitrogen and oxygen atoms in total. The van der Waals surface area contributed by atoms with Crippen LogP contribution in [0.2, 0.25) is 0 Å². The van der Waals surface area contributed by atoms with Gasteiger partial charge in [0.1, 0.15) is 6.54 Å². The Morgan fingerprint density at radius 1 is 1.15 bits per heavy atom. The maximum Gasteiger partial charge on any atom is 0.416 e. The van der Waals surface area contributed by atoms with Gasteiger partial charge in [0.15, 0.2) is 0 Å². The van der Waals surface area contributed by atoms with E-state index >= 15 is 0 Å². The van der Waals surface area contributed by atoms with Gasteiger partial charge in [0.05, 0.1) is 17.2 Å². The van der Waals surface area contributed by atoms with Gasteiger partial charge in [0.25, 0.3) is 0 Å². The van der Waals surface area contributed by atoms with E-state index in [9.17, 15) is 22.8 Å². The summed E-state index contributed by atoms with van der Waals surface area (Å²) >= 11 is 0. The molecule has 8 heteroatoms. The van der Waals surface area contributed by atoms with Crippen molar-refractivity contribution >= 4 is 23.2 Å². The summed E-state index contributed by atoms with van der Waals surface area (Å²) in [6, 6.07) is 12.2. The van der Waals surface area contributed by atoms with E-state index in [1.165, 1.54) is 36.4 Å². The fraction of sp³-hybridized carbons (Fsp3) is 0.167. The zero-order valence-electron chi connectivity index (χ0n) is 13.7. The van der Waals surface area contributed by atoms with E-state index in [2.05, 4.69) is 5.32 Å². The molecule has 0 aliphatic heterocycles. The molecule has 0 radical (unpaired) electrons. The number of nitrogens with zero attached hydrogens (tertiary/aromatic N) is 2. The van der Waals surface area contributed by atoms with Crippen LogP contribution in [0.5, 0.6) is 0 Å². The number of nitrogens with one attached hydrogen (secondary N) is 1. The molecule has 26 heavy (non-hydrogen) atoms. The Hall–Kier alpha value is -3.34. The lowest BCUT2D eigenvalue weighted by molar-refractivity contribution is -0.137. The Bertz CT molecular complexity index is 855. The van der Waals surface area contributed by atoms with Crippen LogP contribution in [0, 0.1) is 11.3 Å². The summed E-state index contributed by atoms with van der Waals surface area (Å²) < 4.78 is 38.5. The molecule has 2 amide bonds. The van der Waals surface area contributed by atoms with Crippen molar-refractivity contribution in [2.75, 3.05) is 16.8 Å². The van der Waals surface area contributed by atoms with Crippen molar-refractivity contribution in [3.8, 4) is 6.07 Å². The molecular formula is C18H14F3N3O2. The second kappa shape index (κ2) is 7.70. The summed E-state index contributed by atoms with van der Waals surface area (Å²) in [5, 5.41) is 11.3. The molecule has 0 fully saturated rings. The lowest BCUT2D eigenvalue weighted by atomic mass is 10.1. The van der Waals surface area contributed by atoms with Crippen LogP contribution in [0.3, 0.4) is 0 Å². The van der Waals surface area contributed by atoms with Crippen molar-refractivity contribution in [3.63, 3.8) is 0 Å². The van der Waals surface area contributed by atoms with Crippen LogP contribution in [-0.2, 0) is 15.8 Å². The summed E-state index contributed by atoms with van der Waals surface area (Å²) in [4.78, 5) is 24.9. The average molecular weight is 361 g/mol. The molecule has 0 saturated carbocycles. The lowest BCUT2D eigenvalue weighted by Crippen LogP contribution is -2.36. The van der Waals surface area contributed by atoms with Crippen molar-refractivity contribution in [1.29, 1.82) is 5.26 Å². The molecule has 0 aromatic heterocycles. The van der Waals surface area contributed by atoms with Gasteiger partial charge in [-0.1, -0.05) is 6.07 Å². The number of hydrogen-bond donors (Lipinski definition) is 1. The predicted molar refractivity (Wildman–Crippen MR) is 89.3 cm³/mol. The molecule has 0 bridgehead atoms. The maximum absolute atomic E-state index is 12.8. The van der Waals surface area contributed by atoms with Gasteiger partial charge in [-0.25, -0.2) is 0 Å². The Morgan fingerprint density at radius 2 is 1.81 bits per heavy atom. The third kappa shape index (κ3) is 4.83. The monoisotopic (exact) mass is 361 g/mol. The van der Waals surface area contributed by atoms with Gasteiger partial charge >= 0.3 is 6.18 Å². The molecule has 0 saturated heterocycles. The Morgan fingerprint density at radius 3 is 2.35 bits per heavy atom. The van der Waals surface area contributed by atoms with E-state index in [1.54, 1.807) is 0 Å². The molecule has 0 aliphatic carbocycles. The highest BCUT2D eigenvalue weighted by atomic mass is 19.4. The van der Waals surface area contributed by atoms with Crippen LogP contribution in [0.1, 0.15) is 18.1 Å². The quantitative estimate of drug-likeness (QED) is 0.905. The van der Waals surface area contributed by atoms with Gasteiger partial charge < -0.3 is 10.2 Å². The molecule has 0 unspecified atom stereocenters. The minimum Gasteiger partial charge on any atom is -0.325 e. The first-order chi connectivity index (χ1) is 12.2. The number of carbonyl (C=O) groups excluding carboxylic acids is 2. The topological polar surface area (TPSA) is 73.2 Å². The van der Waals surface area contributed by atoms with Crippen molar-refractivity contribution in [2.24, 2.45) is 0 Å². The Balaban J connectivity index is 2.16. The number of amides is 2. The highest BCUT2D eigenvalue weighted by molar-refractivity contribution is 6.01. The fourth-order valence-corrected chi connectivity index (χ4v) is 2.21. The molecule has 2 rings (SSSR count). The molecule has 134 valence electrons. The van der Waals surface area contributed by atoms with Crippen molar-refractivity contribution in [2.45, 2.75) is 13.1 Å². The molecule has 1 N–H and O–H groups in total. The summed E-state index contributed by atoms with van der Waals surface area (Å²) in [6.45, 7) is 0.714. The van der Waals surface area contributed by atoms with Crippen LogP contribution in [0.25, 0.3) is 0 Å². The summed E-state index contributed by atoms with van der Waals surface area (Å²) in [6.07, 6.45) is -4.55. The standard InChI is InChI=1S/C18H14F3N3O2/c1-12(25)24(16-4-2-3-14(9-16)18(19,20)21)11-17(26)23-15-7-5-13(10-22)6-8-15/h2-9H,11H2,1H3,(H,23,26). The van der Waals surface area contributed by atoms with E-state index in [4.69, 9.17) is 5.26 Å².